The van der Waals surface area contributed by atoms with E-state index in [9.17, 15) is 18.4 Å². The van der Waals surface area contributed by atoms with Gasteiger partial charge in [0.05, 0.1) is 12.2 Å². The van der Waals surface area contributed by atoms with Gasteiger partial charge in [0.1, 0.15) is 17.3 Å². The Bertz CT molecular complexity index is 1310. The van der Waals surface area contributed by atoms with E-state index in [1.165, 1.54) is 6.07 Å². The van der Waals surface area contributed by atoms with E-state index in [0.717, 1.165) is 29.0 Å². The van der Waals surface area contributed by atoms with Gasteiger partial charge in [-0.2, -0.15) is 4.98 Å². The molecule has 0 atom stereocenters. The lowest BCUT2D eigenvalue weighted by molar-refractivity contribution is 0.0943. The second kappa shape index (κ2) is 10.3. The van der Waals surface area contributed by atoms with Gasteiger partial charge in [0.25, 0.3) is 5.91 Å². The Morgan fingerprint density at radius 1 is 1.17 bits per heavy atom. The van der Waals surface area contributed by atoms with Crippen molar-refractivity contribution in [2.45, 2.75) is 46.7 Å². The lowest BCUT2D eigenvalue weighted by Gasteiger charge is -2.31. The van der Waals surface area contributed by atoms with E-state index in [0.29, 0.717) is 28.9 Å². The molecule has 3 aromatic rings. The van der Waals surface area contributed by atoms with Crippen LogP contribution in [0.1, 0.15) is 48.7 Å². The molecule has 4 rings (SSSR count). The number of urea groups is 1. The van der Waals surface area contributed by atoms with Gasteiger partial charge in [0.15, 0.2) is 5.82 Å². The molecule has 1 aliphatic heterocycles. The van der Waals surface area contributed by atoms with Crippen LogP contribution < -0.4 is 20.9 Å². The van der Waals surface area contributed by atoms with Crippen LogP contribution in [-0.2, 0) is 6.54 Å². The van der Waals surface area contributed by atoms with Crippen LogP contribution in [0.4, 0.5) is 31.0 Å². The first-order valence-corrected chi connectivity index (χ1v) is 11.8. The van der Waals surface area contributed by atoms with Crippen LogP contribution in [0, 0.1) is 18.6 Å². The highest BCUT2D eigenvalue weighted by atomic mass is 19.1. The molecule has 1 aliphatic rings. The molecule has 0 spiro atoms. The zero-order valence-electron chi connectivity index (χ0n) is 20.6. The van der Waals surface area contributed by atoms with Gasteiger partial charge in [-0.1, -0.05) is 19.1 Å². The lowest BCUT2D eigenvalue weighted by Crippen LogP contribution is -2.43. The Balaban J connectivity index is 1.94. The molecule has 0 saturated heterocycles. The van der Waals surface area contributed by atoms with Crippen LogP contribution in [0.5, 0.6) is 0 Å². The molecular weight excluding hydrogens is 466 g/mol. The van der Waals surface area contributed by atoms with E-state index in [4.69, 9.17) is 4.98 Å². The number of hydrogen-bond donors (Lipinski definition) is 3. The number of carbonyl (C=O) groups is 2. The second-order valence-corrected chi connectivity index (χ2v) is 8.85. The molecule has 0 saturated carbocycles. The summed E-state index contributed by atoms with van der Waals surface area (Å²) in [6, 6.07) is 7.91. The van der Waals surface area contributed by atoms with Crippen LogP contribution in [-0.4, -0.2) is 34.5 Å². The number of aromatic nitrogens is 2. The molecule has 10 heteroatoms. The zero-order valence-corrected chi connectivity index (χ0v) is 20.6. The van der Waals surface area contributed by atoms with Crippen LogP contribution in [0.15, 0.2) is 36.4 Å². The summed E-state index contributed by atoms with van der Waals surface area (Å²) in [5, 5.41) is 8.65. The van der Waals surface area contributed by atoms with Crippen molar-refractivity contribution >= 4 is 29.4 Å². The number of anilines is 3. The molecule has 2 heterocycles. The molecule has 1 aromatic heterocycles. The first-order chi connectivity index (χ1) is 17.2. The number of nitrogens with zero attached hydrogens (tertiary/aromatic N) is 3. The molecule has 2 aromatic carbocycles. The van der Waals surface area contributed by atoms with Crippen molar-refractivity contribution in [2.24, 2.45) is 0 Å². The van der Waals surface area contributed by atoms with Gasteiger partial charge in [-0.05, 0) is 57.0 Å². The third-order valence-corrected chi connectivity index (χ3v) is 5.69. The minimum Gasteiger partial charge on any atom is -0.354 e. The number of rotatable bonds is 7. The number of halogens is 2. The maximum Gasteiger partial charge on any atom is 0.328 e. The van der Waals surface area contributed by atoms with Gasteiger partial charge in [0, 0.05) is 29.3 Å². The Morgan fingerprint density at radius 2 is 1.89 bits per heavy atom. The van der Waals surface area contributed by atoms with Crippen LogP contribution in [0.25, 0.3) is 11.3 Å². The normalized spacial score (nSPS) is 12.9. The first kappa shape index (κ1) is 25.0. The van der Waals surface area contributed by atoms with E-state index in [1.54, 1.807) is 12.1 Å². The van der Waals surface area contributed by atoms with Gasteiger partial charge in [-0.25, -0.2) is 23.5 Å². The highest BCUT2D eigenvalue weighted by molar-refractivity contribution is 6.02. The summed E-state index contributed by atoms with van der Waals surface area (Å²) in [6.07, 6.45) is 0.784. The van der Waals surface area contributed by atoms with Crippen LogP contribution in [0.2, 0.25) is 0 Å². The monoisotopic (exact) mass is 494 g/mol. The van der Waals surface area contributed by atoms with Crippen molar-refractivity contribution < 1.29 is 18.4 Å². The van der Waals surface area contributed by atoms with E-state index in [-0.39, 0.29) is 30.3 Å². The standard InChI is InChI=1S/C26H28F2N6O2/c1-5-11-29-25-32-21(17-12-16(10-9-15(17)4)24(35)31-14(2)3)18-13-30-26(36)34(23(18)33-25)22-19(27)7-6-8-20(22)28/h6-10,12,14H,5,11,13H2,1-4H3,(H,30,36)(H,31,35)(H,29,32,33). The summed E-state index contributed by atoms with van der Waals surface area (Å²) in [6.45, 7) is 8.20. The third kappa shape index (κ3) is 4.84. The average Bonchev–Trinajstić information content (AvgIpc) is 2.83. The average molecular weight is 495 g/mol. The number of benzene rings is 2. The molecule has 188 valence electrons. The predicted molar refractivity (Wildman–Crippen MR) is 134 cm³/mol. The summed E-state index contributed by atoms with van der Waals surface area (Å²) in [4.78, 5) is 35.7. The minimum absolute atomic E-state index is 0.0432. The number of aryl methyl sites for hydroxylation is 1. The van der Waals surface area contributed by atoms with Crippen molar-refractivity contribution in [3.63, 3.8) is 0 Å². The lowest BCUT2D eigenvalue weighted by atomic mass is 9.97. The summed E-state index contributed by atoms with van der Waals surface area (Å²) in [7, 11) is 0. The number of fused-ring (bicyclic) bond motifs is 1. The SMILES string of the molecule is CCCNc1nc(-c2cc(C(=O)NC(C)C)ccc2C)c2c(n1)N(c1c(F)cccc1F)C(=O)NC2. The van der Waals surface area contributed by atoms with Crippen molar-refractivity contribution in [1.82, 2.24) is 20.6 Å². The number of amides is 3. The minimum atomic E-state index is -0.898. The Hall–Kier alpha value is -4.08. The predicted octanol–water partition coefficient (Wildman–Crippen LogP) is 5.05. The first-order valence-electron chi connectivity index (χ1n) is 11.8. The Kier molecular flexibility index (Phi) is 7.14. The fourth-order valence-corrected chi connectivity index (χ4v) is 3.97. The molecule has 0 radical (unpaired) electrons. The number of nitrogens with one attached hydrogen (secondary N) is 3. The van der Waals surface area contributed by atoms with Gasteiger partial charge >= 0.3 is 6.03 Å². The zero-order chi connectivity index (χ0) is 26.0. The topological polar surface area (TPSA) is 99.2 Å². The van der Waals surface area contributed by atoms with Crippen molar-refractivity contribution in [3.8, 4) is 11.3 Å². The van der Waals surface area contributed by atoms with Crippen LogP contribution in [0.3, 0.4) is 0 Å². The van der Waals surface area contributed by atoms with Crippen molar-refractivity contribution in [2.75, 3.05) is 16.8 Å². The van der Waals surface area contributed by atoms with Gasteiger partial charge in [0.2, 0.25) is 5.95 Å². The molecule has 0 unspecified atom stereocenters. The quantitative estimate of drug-likeness (QED) is 0.427. The van der Waals surface area contributed by atoms with E-state index < -0.39 is 23.4 Å². The maximum absolute atomic E-state index is 14.8. The Morgan fingerprint density at radius 3 is 2.56 bits per heavy atom. The van der Waals surface area contributed by atoms with E-state index in [2.05, 4.69) is 20.9 Å². The number of para-hydroxylation sites is 1. The van der Waals surface area contributed by atoms with Gasteiger partial charge in [-0.15, -0.1) is 0 Å². The Labute approximate surface area is 208 Å². The maximum atomic E-state index is 14.8. The smallest absolute Gasteiger partial charge is 0.328 e. The summed E-state index contributed by atoms with van der Waals surface area (Å²) >= 11 is 0. The highest BCUT2D eigenvalue weighted by Crippen LogP contribution is 2.39. The molecule has 3 amide bonds. The summed E-state index contributed by atoms with van der Waals surface area (Å²) < 4.78 is 29.5. The summed E-state index contributed by atoms with van der Waals surface area (Å²) in [5.41, 5.74) is 2.33. The molecule has 36 heavy (non-hydrogen) atoms. The highest BCUT2D eigenvalue weighted by Gasteiger charge is 2.34. The largest absolute Gasteiger partial charge is 0.354 e. The molecule has 0 bridgehead atoms. The number of hydrogen-bond acceptors (Lipinski definition) is 5. The van der Waals surface area contributed by atoms with E-state index in [1.807, 2.05) is 33.8 Å². The van der Waals surface area contributed by atoms with Crippen LogP contribution >= 0.6 is 0 Å². The molecule has 3 N–H and O–H groups in total. The van der Waals surface area contributed by atoms with Crippen molar-refractivity contribution in [3.05, 3.63) is 64.7 Å². The molecular formula is C26H28F2N6O2. The molecule has 0 fully saturated rings. The fraction of sp³-hybridized carbons (Fsp3) is 0.308. The molecule has 8 nitrogen and oxygen atoms in total. The third-order valence-electron chi connectivity index (χ3n) is 5.69. The van der Waals surface area contributed by atoms with E-state index >= 15 is 0 Å². The second-order valence-electron chi connectivity index (χ2n) is 8.85. The number of carbonyl (C=O) groups excluding carboxylic acids is 2. The molecule has 0 aliphatic carbocycles. The summed E-state index contributed by atoms with van der Waals surface area (Å²) in [5.74, 6) is -1.75. The van der Waals surface area contributed by atoms with Gasteiger partial charge < -0.3 is 16.0 Å². The fourth-order valence-electron chi connectivity index (χ4n) is 3.97. The van der Waals surface area contributed by atoms with Crippen molar-refractivity contribution in [1.29, 1.82) is 0 Å². The van der Waals surface area contributed by atoms with Gasteiger partial charge in [-0.3, -0.25) is 4.79 Å².